The van der Waals surface area contributed by atoms with E-state index in [1.54, 1.807) is 5.57 Å². The molecular formula is C22H30N4O. The normalized spacial score (nSPS) is 35.3. The van der Waals surface area contributed by atoms with E-state index < -0.39 is 0 Å². The molecular weight excluding hydrogens is 336 g/mol. The number of H-pyrrole nitrogens is 1. The summed E-state index contributed by atoms with van der Waals surface area (Å²) in [6.07, 6.45) is 13.5. The van der Waals surface area contributed by atoms with Gasteiger partial charge in [0.25, 0.3) is 5.91 Å². The summed E-state index contributed by atoms with van der Waals surface area (Å²) in [5, 5.41) is 7.59. The number of amides is 1. The highest BCUT2D eigenvalue weighted by atomic mass is 16.2. The molecule has 0 radical (unpaired) electrons. The average Bonchev–Trinajstić information content (AvgIpc) is 3.31. The van der Waals surface area contributed by atoms with Crippen molar-refractivity contribution < 1.29 is 4.79 Å². The average molecular weight is 367 g/mol. The number of nitrogens with one attached hydrogen (secondary N) is 1. The second-order valence-electron chi connectivity index (χ2n) is 9.39. The van der Waals surface area contributed by atoms with E-state index in [1.165, 1.54) is 56.5 Å². The number of carbonyl (C=O) groups excluding carboxylic acids is 1. The number of aryl methyl sites for hydroxylation is 1. The molecule has 6 rings (SSSR count). The number of hydrogen-bond acceptors (Lipinski definition) is 3. The Hall–Kier alpha value is -1.62. The molecule has 3 saturated heterocycles. The Morgan fingerprint density at radius 3 is 3.04 bits per heavy atom. The van der Waals surface area contributed by atoms with Crippen molar-refractivity contribution in [2.45, 2.75) is 69.9 Å². The number of rotatable bonds is 1. The number of aromatic amines is 1. The van der Waals surface area contributed by atoms with E-state index in [4.69, 9.17) is 0 Å². The Labute approximate surface area is 161 Å². The summed E-state index contributed by atoms with van der Waals surface area (Å²) in [5.41, 5.74) is 4.68. The largest absolute Gasteiger partial charge is 0.330 e. The van der Waals surface area contributed by atoms with Crippen LogP contribution >= 0.6 is 0 Å². The van der Waals surface area contributed by atoms with Gasteiger partial charge in [-0.05, 0) is 69.7 Å². The molecule has 5 heteroatoms. The zero-order valence-corrected chi connectivity index (χ0v) is 16.1. The first-order valence-corrected chi connectivity index (χ1v) is 11.1. The first-order chi connectivity index (χ1) is 13.3. The molecule has 1 amide bonds. The zero-order chi connectivity index (χ0) is 18.0. The molecule has 5 nitrogen and oxygen atoms in total. The number of fused-ring (bicyclic) bond motifs is 7. The van der Waals surface area contributed by atoms with Crippen LogP contribution in [0, 0.1) is 11.8 Å². The summed E-state index contributed by atoms with van der Waals surface area (Å²) in [4.78, 5) is 18.5. The molecule has 1 aromatic heterocycles. The van der Waals surface area contributed by atoms with E-state index in [9.17, 15) is 4.79 Å². The van der Waals surface area contributed by atoms with Crippen LogP contribution in [0.25, 0.3) is 0 Å². The summed E-state index contributed by atoms with van der Waals surface area (Å²) >= 11 is 0. The maximum Gasteiger partial charge on any atom is 0.275 e. The summed E-state index contributed by atoms with van der Waals surface area (Å²) < 4.78 is 0. The molecule has 4 unspecified atom stereocenters. The molecule has 1 N–H and O–H groups in total. The minimum atomic E-state index is 0.184. The maximum absolute atomic E-state index is 13.5. The second kappa shape index (κ2) is 6.20. The number of nitrogens with zero attached hydrogens (tertiary/aromatic N) is 3. The van der Waals surface area contributed by atoms with Crippen LogP contribution in [0.15, 0.2) is 11.6 Å². The van der Waals surface area contributed by atoms with Crippen LogP contribution in [-0.4, -0.2) is 57.6 Å². The number of hydrogen-bond donors (Lipinski definition) is 1. The van der Waals surface area contributed by atoms with Gasteiger partial charge in [0.1, 0.15) is 0 Å². The van der Waals surface area contributed by atoms with Crippen molar-refractivity contribution in [2.24, 2.45) is 11.8 Å². The van der Waals surface area contributed by atoms with Crippen LogP contribution in [0.2, 0.25) is 0 Å². The van der Waals surface area contributed by atoms with Crippen molar-refractivity contribution in [1.82, 2.24) is 20.0 Å². The highest BCUT2D eigenvalue weighted by Crippen LogP contribution is 2.45. The fourth-order valence-corrected chi connectivity index (χ4v) is 6.83. The van der Waals surface area contributed by atoms with Crippen LogP contribution in [-0.2, 0) is 12.8 Å². The van der Waals surface area contributed by atoms with E-state index in [0.717, 1.165) is 49.9 Å². The molecule has 0 aromatic carbocycles. The van der Waals surface area contributed by atoms with Crippen molar-refractivity contribution in [1.29, 1.82) is 0 Å². The lowest BCUT2D eigenvalue weighted by atomic mass is 9.68. The Morgan fingerprint density at radius 1 is 1.11 bits per heavy atom. The predicted octanol–water partition coefficient (Wildman–Crippen LogP) is 2.93. The molecule has 144 valence electrons. The third-order valence-corrected chi connectivity index (χ3v) is 7.93. The third-order valence-electron chi connectivity index (χ3n) is 7.93. The highest BCUT2D eigenvalue weighted by molar-refractivity contribution is 5.94. The van der Waals surface area contributed by atoms with Crippen molar-refractivity contribution in [2.75, 3.05) is 19.6 Å². The Morgan fingerprint density at radius 2 is 2.07 bits per heavy atom. The number of likely N-dealkylation sites (tertiary alicyclic amines) is 1. The topological polar surface area (TPSA) is 52.2 Å². The van der Waals surface area contributed by atoms with Crippen molar-refractivity contribution in [3.63, 3.8) is 0 Å². The zero-order valence-electron chi connectivity index (χ0n) is 16.1. The first-order valence-electron chi connectivity index (χ1n) is 11.1. The fourth-order valence-electron chi connectivity index (χ4n) is 6.83. The van der Waals surface area contributed by atoms with Gasteiger partial charge in [-0.1, -0.05) is 18.1 Å². The van der Waals surface area contributed by atoms with Crippen molar-refractivity contribution >= 4 is 5.91 Å². The molecule has 0 spiro atoms. The molecule has 2 aliphatic carbocycles. The SMILES string of the molecule is O=C(c1n[nH]c2c1CCC2)N1CCCC2=CC3CC(CN4CCCCC34)C21. The molecule has 3 aliphatic heterocycles. The van der Waals surface area contributed by atoms with Crippen LogP contribution in [0.4, 0.5) is 0 Å². The minimum Gasteiger partial charge on any atom is -0.330 e. The third kappa shape index (κ3) is 2.47. The molecule has 4 atom stereocenters. The monoisotopic (exact) mass is 366 g/mol. The number of carbonyl (C=O) groups is 1. The number of aromatic nitrogens is 2. The predicted molar refractivity (Wildman–Crippen MR) is 104 cm³/mol. The minimum absolute atomic E-state index is 0.184. The lowest BCUT2D eigenvalue weighted by Gasteiger charge is -2.54. The maximum atomic E-state index is 13.5. The summed E-state index contributed by atoms with van der Waals surface area (Å²) in [6.45, 7) is 3.34. The van der Waals surface area contributed by atoms with Crippen LogP contribution in [0.3, 0.4) is 0 Å². The highest BCUT2D eigenvalue weighted by Gasteiger charge is 2.47. The van der Waals surface area contributed by atoms with Gasteiger partial charge in [0.05, 0.1) is 6.04 Å². The smallest absolute Gasteiger partial charge is 0.275 e. The Kier molecular flexibility index (Phi) is 3.75. The van der Waals surface area contributed by atoms with Gasteiger partial charge in [-0.2, -0.15) is 5.10 Å². The van der Waals surface area contributed by atoms with Gasteiger partial charge in [-0.25, -0.2) is 0 Å². The summed E-state index contributed by atoms with van der Waals surface area (Å²) in [6, 6.07) is 1.09. The van der Waals surface area contributed by atoms with Gasteiger partial charge >= 0.3 is 0 Å². The van der Waals surface area contributed by atoms with Crippen LogP contribution in [0.5, 0.6) is 0 Å². The standard InChI is InChI=1S/C22H30N4O/c27-22(20-17-6-3-7-18(17)23-24-20)26-10-4-5-14-11-15-12-16(21(14)26)13-25-9-2-1-8-19(15)25/h11,15-16,19,21H,1-10,12-13H2,(H,23,24). The van der Waals surface area contributed by atoms with Gasteiger partial charge in [0.2, 0.25) is 0 Å². The first kappa shape index (κ1) is 16.3. The molecule has 1 aromatic rings. The van der Waals surface area contributed by atoms with E-state index in [0.29, 0.717) is 12.0 Å². The van der Waals surface area contributed by atoms with Gasteiger partial charge in [0, 0.05) is 30.4 Å². The van der Waals surface area contributed by atoms with E-state index >= 15 is 0 Å². The summed E-state index contributed by atoms with van der Waals surface area (Å²) in [5.74, 6) is 1.52. The molecule has 2 bridgehead atoms. The summed E-state index contributed by atoms with van der Waals surface area (Å²) in [7, 11) is 0. The van der Waals surface area contributed by atoms with Gasteiger partial charge < -0.3 is 4.90 Å². The van der Waals surface area contributed by atoms with Gasteiger partial charge in [-0.15, -0.1) is 0 Å². The lowest BCUT2D eigenvalue weighted by Crippen LogP contribution is -2.60. The van der Waals surface area contributed by atoms with Gasteiger partial charge in [0.15, 0.2) is 5.69 Å². The fraction of sp³-hybridized carbons (Fsp3) is 0.727. The lowest BCUT2D eigenvalue weighted by molar-refractivity contribution is 0.00128. The van der Waals surface area contributed by atoms with E-state index in [-0.39, 0.29) is 5.91 Å². The molecule has 5 aliphatic rings. The van der Waals surface area contributed by atoms with Gasteiger partial charge in [-0.3, -0.25) is 14.8 Å². The van der Waals surface area contributed by atoms with Crippen molar-refractivity contribution in [3.05, 3.63) is 28.6 Å². The molecule has 3 fully saturated rings. The molecule has 4 heterocycles. The Bertz CT molecular complexity index is 796. The number of piperidine rings is 3. The van der Waals surface area contributed by atoms with Crippen LogP contribution < -0.4 is 0 Å². The van der Waals surface area contributed by atoms with E-state index in [1.807, 2.05) is 0 Å². The quantitative estimate of drug-likeness (QED) is 0.778. The van der Waals surface area contributed by atoms with Crippen molar-refractivity contribution in [3.8, 4) is 0 Å². The second-order valence-corrected chi connectivity index (χ2v) is 9.39. The van der Waals surface area contributed by atoms with E-state index in [2.05, 4.69) is 26.1 Å². The molecule has 0 saturated carbocycles. The Balaban J connectivity index is 1.33. The molecule has 27 heavy (non-hydrogen) atoms. The van der Waals surface area contributed by atoms with Crippen LogP contribution in [0.1, 0.15) is 66.7 Å².